The highest BCUT2D eigenvalue weighted by Crippen LogP contribution is 2.38. The predicted octanol–water partition coefficient (Wildman–Crippen LogP) is 4.41. The molecule has 0 aromatic carbocycles. The highest BCUT2D eigenvalue weighted by Gasteiger charge is 2.44. The van der Waals surface area contributed by atoms with Crippen LogP contribution in [0.4, 0.5) is 4.79 Å². The lowest BCUT2D eigenvalue weighted by Gasteiger charge is -2.45. The van der Waals surface area contributed by atoms with Gasteiger partial charge in [-0.3, -0.25) is 0 Å². The van der Waals surface area contributed by atoms with Crippen molar-refractivity contribution in [1.82, 2.24) is 4.57 Å². The summed E-state index contributed by atoms with van der Waals surface area (Å²) in [7, 11) is -1.93. The molecular formula is C14H29NO2Si. The van der Waals surface area contributed by atoms with Crippen molar-refractivity contribution in [3.05, 3.63) is 12.7 Å². The Hall–Kier alpha value is -0.773. The second-order valence-corrected chi connectivity index (χ2v) is 12.3. The van der Waals surface area contributed by atoms with Crippen LogP contribution in [0.5, 0.6) is 0 Å². The van der Waals surface area contributed by atoms with Gasteiger partial charge in [0.1, 0.15) is 5.60 Å². The molecule has 0 saturated heterocycles. The molecule has 0 N–H and O–H groups in total. The van der Waals surface area contributed by atoms with Crippen LogP contribution in [0.1, 0.15) is 41.5 Å². The standard InChI is InChI=1S/C14H29NO2Si/c1-10-11-15(12(16)17-13(2,3)4)18(8,9)14(5,6)7/h10H,1,11H2,2-9H3. The summed E-state index contributed by atoms with van der Waals surface area (Å²) < 4.78 is 7.39. The molecule has 106 valence electrons. The van der Waals surface area contributed by atoms with E-state index in [0.717, 1.165) is 0 Å². The van der Waals surface area contributed by atoms with E-state index in [0.29, 0.717) is 6.54 Å². The van der Waals surface area contributed by atoms with Crippen molar-refractivity contribution in [3.63, 3.8) is 0 Å². The number of hydrogen-bond donors (Lipinski definition) is 0. The van der Waals surface area contributed by atoms with Crippen molar-refractivity contribution in [1.29, 1.82) is 0 Å². The van der Waals surface area contributed by atoms with E-state index in [9.17, 15) is 4.79 Å². The van der Waals surface area contributed by atoms with Crippen molar-refractivity contribution < 1.29 is 9.53 Å². The van der Waals surface area contributed by atoms with E-state index in [1.165, 1.54) is 0 Å². The Kier molecular flexibility index (Phi) is 5.23. The summed E-state index contributed by atoms with van der Waals surface area (Å²) in [5, 5.41) is 0.0902. The molecule has 0 bridgehead atoms. The Morgan fingerprint density at radius 3 is 1.94 bits per heavy atom. The summed E-state index contributed by atoms with van der Waals surface area (Å²) in [6.07, 6.45) is 1.54. The monoisotopic (exact) mass is 271 g/mol. The van der Waals surface area contributed by atoms with Gasteiger partial charge in [-0.25, -0.2) is 4.79 Å². The molecule has 0 fully saturated rings. The first kappa shape index (κ1) is 17.2. The molecule has 0 aromatic heterocycles. The van der Waals surface area contributed by atoms with Gasteiger partial charge < -0.3 is 9.30 Å². The lowest BCUT2D eigenvalue weighted by molar-refractivity contribution is 0.0382. The van der Waals surface area contributed by atoms with Crippen molar-refractivity contribution in [3.8, 4) is 0 Å². The maximum absolute atomic E-state index is 12.3. The topological polar surface area (TPSA) is 29.5 Å². The van der Waals surface area contributed by atoms with Crippen LogP contribution in [-0.2, 0) is 4.74 Å². The van der Waals surface area contributed by atoms with Gasteiger partial charge in [0.05, 0.1) is 0 Å². The molecular weight excluding hydrogens is 242 g/mol. The number of hydrogen-bond acceptors (Lipinski definition) is 2. The van der Waals surface area contributed by atoms with Gasteiger partial charge in [-0.05, 0) is 25.8 Å². The number of rotatable bonds is 3. The average molecular weight is 271 g/mol. The molecule has 0 unspecified atom stereocenters. The Bertz CT molecular complexity index is 311. The Morgan fingerprint density at radius 2 is 1.67 bits per heavy atom. The van der Waals surface area contributed by atoms with Gasteiger partial charge in [0.25, 0.3) is 0 Å². The van der Waals surface area contributed by atoms with Gasteiger partial charge in [-0.1, -0.05) is 39.9 Å². The van der Waals surface area contributed by atoms with E-state index >= 15 is 0 Å². The van der Waals surface area contributed by atoms with Gasteiger partial charge in [-0.2, -0.15) is 0 Å². The molecule has 3 nitrogen and oxygen atoms in total. The quantitative estimate of drug-likeness (QED) is 0.562. The van der Waals surface area contributed by atoms with Crippen LogP contribution in [0, 0.1) is 0 Å². The lowest BCUT2D eigenvalue weighted by atomic mass is 10.2. The van der Waals surface area contributed by atoms with Gasteiger partial charge in [0.15, 0.2) is 8.24 Å². The van der Waals surface area contributed by atoms with E-state index in [1.807, 2.05) is 25.3 Å². The third kappa shape index (κ3) is 4.48. The van der Waals surface area contributed by atoms with E-state index in [1.54, 1.807) is 6.08 Å². The fraction of sp³-hybridized carbons (Fsp3) is 0.786. The lowest BCUT2D eigenvalue weighted by Crippen LogP contribution is -2.58. The zero-order valence-electron chi connectivity index (χ0n) is 13.3. The highest BCUT2D eigenvalue weighted by molar-refractivity contribution is 6.79. The first-order valence-electron chi connectivity index (χ1n) is 6.44. The van der Waals surface area contributed by atoms with Crippen molar-refractivity contribution in [2.24, 2.45) is 0 Å². The first-order valence-corrected chi connectivity index (χ1v) is 9.39. The molecule has 18 heavy (non-hydrogen) atoms. The average Bonchev–Trinajstić information content (AvgIpc) is 2.08. The fourth-order valence-electron chi connectivity index (χ4n) is 1.38. The minimum Gasteiger partial charge on any atom is -0.444 e. The van der Waals surface area contributed by atoms with Gasteiger partial charge >= 0.3 is 6.09 Å². The number of nitrogens with zero attached hydrogens (tertiary/aromatic N) is 1. The van der Waals surface area contributed by atoms with Crippen LogP contribution in [0.2, 0.25) is 18.1 Å². The number of carbonyl (C=O) groups excluding carboxylic acids is 1. The van der Waals surface area contributed by atoms with Gasteiger partial charge in [0, 0.05) is 6.54 Å². The van der Waals surface area contributed by atoms with Crippen LogP contribution in [0.15, 0.2) is 12.7 Å². The second-order valence-electron chi connectivity index (χ2n) is 7.19. The molecule has 0 radical (unpaired) electrons. The van der Waals surface area contributed by atoms with Crippen LogP contribution in [0.25, 0.3) is 0 Å². The van der Waals surface area contributed by atoms with E-state index in [4.69, 9.17) is 4.74 Å². The molecule has 0 spiro atoms. The normalized spacial score (nSPS) is 13.1. The van der Waals surface area contributed by atoms with Gasteiger partial charge in [-0.15, -0.1) is 6.58 Å². The fourth-order valence-corrected chi connectivity index (χ4v) is 3.28. The largest absolute Gasteiger partial charge is 0.444 e. The third-order valence-electron chi connectivity index (χ3n) is 3.44. The smallest absolute Gasteiger partial charge is 0.402 e. The number of carbonyl (C=O) groups is 1. The Balaban J connectivity index is 5.20. The van der Waals surface area contributed by atoms with Crippen molar-refractivity contribution in [2.75, 3.05) is 6.54 Å². The zero-order valence-corrected chi connectivity index (χ0v) is 14.3. The van der Waals surface area contributed by atoms with E-state index in [2.05, 4.69) is 40.4 Å². The minimum absolute atomic E-state index is 0.0902. The summed E-state index contributed by atoms with van der Waals surface area (Å²) >= 11 is 0. The van der Waals surface area contributed by atoms with Crippen LogP contribution < -0.4 is 0 Å². The van der Waals surface area contributed by atoms with E-state index < -0.39 is 13.8 Å². The molecule has 0 aliphatic rings. The summed E-state index contributed by atoms with van der Waals surface area (Å²) in [5.41, 5.74) is -0.459. The molecule has 0 aliphatic carbocycles. The number of ether oxygens (including phenoxy) is 1. The third-order valence-corrected chi connectivity index (χ3v) is 8.82. The minimum atomic E-state index is -1.93. The SMILES string of the molecule is C=CCN(C(=O)OC(C)(C)C)[Si](C)(C)C(C)(C)C. The zero-order chi connectivity index (χ0) is 14.8. The number of amides is 1. The molecule has 4 heteroatoms. The Morgan fingerprint density at radius 1 is 1.22 bits per heavy atom. The Labute approximate surface area is 113 Å². The molecule has 0 heterocycles. The van der Waals surface area contributed by atoms with Crippen LogP contribution >= 0.6 is 0 Å². The molecule has 0 rings (SSSR count). The predicted molar refractivity (Wildman–Crippen MR) is 80.3 cm³/mol. The van der Waals surface area contributed by atoms with Crippen molar-refractivity contribution in [2.45, 2.75) is 65.3 Å². The highest BCUT2D eigenvalue weighted by atomic mass is 28.3. The van der Waals surface area contributed by atoms with Gasteiger partial charge in [0.2, 0.25) is 0 Å². The first-order chi connectivity index (χ1) is 7.83. The summed E-state index contributed by atoms with van der Waals surface area (Å²) in [6, 6.07) is 0. The molecule has 0 aliphatic heterocycles. The van der Waals surface area contributed by atoms with Crippen molar-refractivity contribution >= 4 is 14.3 Å². The molecule has 0 saturated carbocycles. The summed E-state index contributed by atoms with van der Waals surface area (Å²) in [6.45, 7) is 20.9. The second kappa shape index (κ2) is 5.47. The maximum Gasteiger partial charge on any atom is 0.402 e. The van der Waals surface area contributed by atoms with E-state index in [-0.39, 0.29) is 11.1 Å². The van der Waals surface area contributed by atoms with Crippen LogP contribution in [-0.4, -0.2) is 31.0 Å². The maximum atomic E-state index is 12.3. The molecule has 0 atom stereocenters. The summed E-state index contributed by atoms with van der Waals surface area (Å²) in [5.74, 6) is 0. The van der Waals surface area contributed by atoms with Crippen LogP contribution in [0.3, 0.4) is 0 Å². The molecule has 1 amide bonds. The summed E-state index contributed by atoms with van der Waals surface area (Å²) in [4.78, 5) is 12.3. The molecule has 0 aromatic rings.